The molecule has 0 atom stereocenters. The van der Waals surface area contributed by atoms with Crippen molar-refractivity contribution in [2.24, 2.45) is 17.8 Å². The summed E-state index contributed by atoms with van der Waals surface area (Å²) in [6.07, 6.45) is 12.4. The maximum Gasteiger partial charge on any atom is 0.133 e. The molecular weight excluding hydrogens is 354 g/mol. The normalized spacial score (nSPS) is 32.9. The van der Waals surface area contributed by atoms with Gasteiger partial charge in [-0.2, -0.15) is 5.10 Å². The molecule has 0 saturated heterocycles. The van der Waals surface area contributed by atoms with Gasteiger partial charge >= 0.3 is 0 Å². The van der Waals surface area contributed by atoms with E-state index in [1.165, 1.54) is 80.6 Å². The highest BCUT2D eigenvalue weighted by atomic mass is 15.3. The highest BCUT2D eigenvalue weighted by Crippen LogP contribution is 2.61. The van der Waals surface area contributed by atoms with Crippen LogP contribution in [0.3, 0.4) is 0 Å². The molecule has 4 bridgehead atoms. The molecule has 29 heavy (non-hydrogen) atoms. The van der Waals surface area contributed by atoms with E-state index in [-0.39, 0.29) is 0 Å². The maximum absolute atomic E-state index is 5.49. The number of benzene rings is 1. The molecule has 1 aromatic heterocycles. The summed E-state index contributed by atoms with van der Waals surface area (Å²) in [5.74, 6) is 4.69. The summed E-state index contributed by atoms with van der Waals surface area (Å²) in [5.41, 5.74) is 6.09. The van der Waals surface area contributed by atoms with Crippen LogP contribution in [0.1, 0.15) is 88.0 Å². The molecule has 5 aliphatic rings. The summed E-state index contributed by atoms with van der Waals surface area (Å²) >= 11 is 0. The van der Waals surface area contributed by atoms with Crippen LogP contribution < -0.4 is 5.32 Å². The van der Waals surface area contributed by atoms with Crippen molar-refractivity contribution in [2.75, 3.05) is 11.9 Å². The Labute approximate surface area is 175 Å². The average Bonchev–Trinajstić information content (AvgIpc) is 2.89. The van der Waals surface area contributed by atoms with Crippen LogP contribution in [-0.2, 0) is 11.8 Å². The molecule has 4 saturated carbocycles. The van der Waals surface area contributed by atoms with E-state index in [0.717, 1.165) is 24.3 Å². The van der Waals surface area contributed by atoms with Crippen LogP contribution in [-0.4, -0.2) is 16.3 Å². The molecule has 0 spiro atoms. The minimum absolute atomic E-state index is 0.364. The summed E-state index contributed by atoms with van der Waals surface area (Å²) in [6, 6.07) is 8.92. The van der Waals surface area contributed by atoms with Gasteiger partial charge in [-0.1, -0.05) is 32.0 Å². The Morgan fingerprint density at radius 3 is 2.38 bits per heavy atom. The number of nitrogens with one attached hydrogen (secondary N) is 1. The predicted octanol–water partition coefficient (Wildman–Crippen LogP) is 6.21. The van der Waals surface area contributed by atoms with E-state index < -0.39 is 0 Å². The van der Waals surface area contributed by atoms with Gasteiger partial charge in [0.25, 0.3) is 0 Å². The van der Waals surface area contributed by atoms with E-state index in [1.807, 2.05) is 0 Å². The number of fused-ring (bicyclic) bond motifs is 1. The number of aromatic nitrogens is 2. The predicted molar refractivity (Wildman–Crippen MR) is 119 cm³/mol. The van der Waals surface area contributed by atoms with Gasteiger partial charge in [0.05, 0.1) is 11.4 Å². The zero-order valence-corrected chi connectivity index (χ0v) is 18.1. The first kappa shape index (κ1) is 18.0. The smallest absolute Gasteiger partial charge is 0.133 e. The Bertz CT molecular complexity index is 887. The molecule has 0 amide bonds. The van der Waals surface area contributed by atoms with E-state index in [4.69, 9.17) is 5.10 Å². The maximum atomic E-state index is 5.49. The van der Waals surface area contributed by atoms with Crippen molar-refractivity contribution >= 4 is 5.82 Å². The van der Waals surface area contributed by atoms with E-state index in [1.54, 1.807) is 5.56 Å². The Hall–Kier alpha value is -1.77. The second kappa shape index (κ2) is 6.62. The third-order valence-electron chi connectivity index (χ3n) is 8.46. The largest absolute Gasteiger partial charge is 0.370 e. The quantitative estimate of drug-likeness (QED) is 0.676. The Morgan fingerprint density at radius 1 is 1.00 bits per heavy atom. The Morgan fingerprint density at radius 2 is 1.69 bits per heavy atom. The first-order chi connectivity index (χ1) is 14.1. The van der Waals surface area contributed by atoms with Crippen LogP contribution in [0.2, 0.25) is 0 Å². The molecule has 1 N–H and O–H groups in total. The fourth-order valence-corrected chi connectivity index (χ4v) is 7.67. The molecule has 4 fully saturated rings. The van der Waals surface area contributed by atoms with Gasteiger partial charge in [0.1, 0.15) is 5.82 Å². The molecular formula is C26H35N3. The van der Waals surface area contributed by atoms with Crippen molar-refractivity contribution in [3.63, 3.8) is 0 Å². The van der Waals surface area contributed by atoms with Crippen molar-refractivity contribution < 1.29 is 0 Å². The molecule has 1 aliphatic heterocycles. The topological polar surface area (TPSA) is 29.9 Å². The molecule has 0 radical (unpaired) electrons. The number of hydrogen-bond donors (Lipinski definition) is 1. The van der Waals surface area contributed by atoms with Crippen LogP contribution in [0.5, 0.6) is 0 Å². The van der Waals surface area contributed by atoms with Crippen molar-refractivity contribution in [1.29, 1.82) is 0 Å². The van der Waals surface area contributed by atoms with E-state index >= 15 is 0 Å². The molecule has 3 heteroatoms. The second-order valence-electron chi connectivity index (χ2n) is 10.9. The third kappa shape index (κ3) is 2.79. The zero-order chi connectivity index (χ0) is 19.6. The molecule has 0 unspecified atom stereocenters. The second-order valence-corrected chi connectivity index (χ2v) is 10.9. The van der Waals surface area contributed by atoms with Gasteiger partial charge < -0.3 is 5.32 Å². The van der Waals surface area contributed by atoms with Crippen LogP contribution in [0, 0.1) is 17.8 Å². The number of para-hydroxylation sites is 1. The SMILES string of the molecule is CC(C)c1ccccc1-n1nc(C23CC4CC(CC(C4)C2)C3)c2c1NCCCC2. The van der Waals surface area contributed by atoms with E-state index in [0.29, 0.717) is 11.3 Å². The molecule has 154 valence electrons. The molecule has 2 aromatic rings. The van der Waals surface area contributed by atoms with Crippen molar-refractivity contribution in [3.8, 4) is 5.69 Å². The van der Waals surface area contributed by atoms with Gasteiger partial charge in [-0.25, -0.2) is 4.68 Å². The van der Waals surface area contributed by atoms with Crippen molar-refractivity contribution in [1.82, 2.24) is 9.78 Å². The molecule has 3 nitrogen and oxygen atoms in total. The fourth-order valence-electron chi connectivity index (χ4n) is 7.67. The first-order valence-electron chi connectivity index (χ1n) is 12.1. The van der Waals surface area contributed by atoms with Gasteiger partial charge in [-0.3, -0.25) is 0 Å². The van der Waals surface area contributed by atoms with Crippen molar-refractivity contribution in [3.05, 3.63) is 41.1 Å². The Kier molecular flexibility index (Phi) is 4.12. The highest BCUT2D eigenvalue weighted by molar-refractivity contribution is 5.58. The lowest BCUT2D eigenvalue weighted by atomic mass is 9.48. The first-order valence-corrected chi connectivity index (χ1v) is 12.1. The van der Waals surface area contributed by atoms with Gasteiger partial charge in [0.15, 0.2) is 0 Å². The van der Waals surface area contributed by atoms with Crippen molar-refractivity contribution in [2.45, 2.75) is 83.0 Å². The van der Waals surface area contributed by atoms with Crippen LogP contribution in [0.15, 0.2) is 24.3 Å². The minimum Gasteiger partial charge on any atom is -0.370 e. The van der Waals surface area contributed by atoms with Crippen LogP contribution >= 0.6 is 0 Å². The molecule has 4 aliphatic carbocycles. The lowest BCUT2D eigenvalue weighted by molar-refractivity contribution is -0.00773. The zero-order valence-electron chi connectivity index (χ0n) is 18.1. The van der Waals surface area contributed by atoms with Gasteiger partial charge in [0.2, 0.25) is 0 Å². The number of rotatable bonds is 3. The van der Waals surface area contributed by atoms with Gasteiger partial charge in [0, 0.05) is 17.5 Å². The lowest BCUT2D eigenvalue weighted by Gasteiger charge is -2.56. The van der Waals surface area contributed by atoms with Gasteiger partial charge in [-0.05, 0) is 93.1 Å². The number of anilines is 1. The Balaban J connectivity index is 1.53. The lowest BCUT2D eigenvalue weighted by Crippen LogP contribution is -2.49. The standard InChI is InChI=1S/C26H35N3/c1-17(2)21-7-3-4-9-23(21)29-25-22(8-5-6-10-27-25)24(28-29)26-14-18-11-19(15-26)13-20(12-18)16-26/h3-4,7,9,17-20,27H,5-6,8,10-16H2,1-2H3. The molecule has 1 aromatic carbocycles. The number of nitrogens with zero attached hydrogens (tertiary/aromatic N) is 2. The molecule has 7 rings (SSSR count). The van der Waals surface area contributed by atoms with Gasteiger partial charge in [-0.15, -0.1) is 0 Å². The van der Waals surface area contributed by atoms with Crippen LogP contribution in [0.25, 0.3) is 5.69 Å². The van der Waals surface area contributed by atoms with E-state index in [9.17, 15) is 0 Å². The summed E-state index contributed by atoms with van der Waals surface area (Å²) < 4.78 is 2.31. The summed E-state index contributed by atoms with van der Waals surface area (Å²) in [7, 11) is 0. The minimum atomic E-state index is 0.364. The third-order valence-corrected chi connectivity index (χ3v) is 8.46. The summed E-state index contributed by atoms with van der Waals surface area (Å²) in [5, 5.41) is 9.30. The van der Waals surface area contributed by atoms with E-state index in [2.05, 4.69) is 48.1 Å². The fraction of sp³-hybridized carbons (Fsp3) is 0.654. The summed E-state index contributed by atoms with van der Waals surface area (Å²) in [4.78, 5) is 0. The average molecular weight is 390 g/mol. The highest BCUT2D eigenvalue weighted by Gasteiger charge is 2.53. The molecule has 2 heterocycles. The van der Waals surface area contributed by atoms with Crippen LogP contribution in [0.4, 0.5) is 5.82 Å². The number of hydrogen-bond acceptors (Lipinski definition) is 2. The summed E-state index contributed by atoms with van der Waals surface area (Å²) in [6.45, 7) is 5.67. The monoisotopic (exact) mass is 389 g/mol.